The first kappa shape index (κ1) is 15.4. The van der Waals surface area contributed by atoms with Crippen molar-refractivity contribution in [3.63, 3.8) is 0 Å². The Kier molecular flexibility index (Phi) is 5.38. The van der Waals surface area contributed by atoms with Gasteiger partial charge in [0, 0.05) is 12.6 Å². The zero-order valence-corrected chi connectivity index (χ0v) is 13.2. The molecule has 2 fully saturated rings. The third-order valence-electron chi connectivity index (χ3n) is 4.85. The molecule has 3 rings (SSSR count). The quantitative estimate of drug-likeness (QED) is 0.879. The largest absolute Gasteiger partial charge is 0.468 e. The fourth-order valence-corrected chi connectivity index (χ4v) is 3.62. The Balaban J connectivity index is 1.51. The van der Waals surface area contributed by atoms with Crippen LogP contribution >= 0.6 is 0 Å². The number of urea groups is 1. The molecule has 1 saturated heterocycles. The lowest BCUT2D eigenvalue weighted by Crippen LogP contribution is -2.45. The van der Waals surface area contributed by atoms with Crippen molar-refractivity contribution in [2.45, 2.75) is 57.0 Å². The second-order valence-corrected chi connectivity index (χ2v) is 6.46. The summed E-state index contributed by atoms with van der Waals surface area (Å²) in [4.78, 5) is 14.5. The van der Waals surface area contributed by atoms with E-state index >= 15 is 0 Å². The van der Waals surface area contributed by atoms with Crippen molar-refractivity contribution in [1.82, 2.24) is 15.5 Å². The van der Waals surface area contributed by atoms with Crippen LogP contribution in [0.3, 0.4) is 0 Å². The van der Waals surface area contributed by atoms with Gasteiger partial charge in [0.2, 0.25) is 0 Å². The molecule has 1 aliphatic carbocycles. The highest BCUT2D eigenvalue weighted by Gasteiger charge is 2.26. The van der Waals surface area contributed by atoms with Crippen LogP contribution in [0, 0.1) is 0 Å². The summed E-state index contributed by atoms with van der Waals surface area (Å²) in [7, 11) is 0. The minimum atomic E-state index is -0.0392. The molecule has 5 nitrogen and oxygen atoms in total. The summed E-state index contributed by atoms with van der Waals surface area (Å²) in [5.41, 5.74) is 0. The fourth-order valence-electron chi connectivity index (χ4n) is 3.62. The molecular formula is C17H27N3O2. The molecule has 2 amide bonds. The second kappa shape index (κ2) is 7.68. The van der Waals surface area contributed by atoms with Gasteiger partial charge in [-0.3, -0.25) is 4.90 Å². The van der Waals surface area contributed by atoms with Crippen molar-refractivity contribution < 1.29 is 9.21 Å². The predicted molar refractivity (Wildman–Crippen MR) is 85.7 cm³/mol. The maximum absolute atomic E-state index is 12.1. The lowest BCUT2D eigenvalue weighted by Gasteiger charge is -2.27. The molecule has 1 aromatic heterocycles. The summed E-state index contributed by atoms with van der Waals surface area (Å²) < 4.78 is 5.58. The molecule has 1 aliphatic heterocycles. The highest BCUT2D eigenvalue weighted by molar-refractivity contribution is 5.74. The molecule has 1 aromatic rings. The zero-order valence-electron chi connectivity index (χ0n) is 13.2. The number of likely N-dealkylation sites (tertiary alicyclic amines) is 1. The van der Waals surface area contributed by atoms with E-state index in [1.54, 1.807) is 6.26 Å². The molecule has 122 valence electrons. The summed E-state index contributed by atoms with van der Waals surface area (Å²) >= 11 is 0. The van der Waals surface area contributed by atoms with Crippen molar-refractivity contribution >= 4 is 6.03 Å². The van der Waals surface area contributed by atoms with Crippen LogP contribution in [-0.4, -0.2) is 36.6 Å². The monoisotopic (exact) mass is 305 g/mol. The summed E-state index contributed by atoms with van der Waals surface area (Å²) in [6.07, 6.45) is 10.1. The van der Waals surface area contributed by atoms with Crippen LogP contribution in [0.15, 0.2) is 22.8 Å². The number of carbonyl (C=O) groups excluding carboxylic acids is 1. The highest BCUT2D eigenvalue weighted by Crippen LogP contribution is 2.25. The lowest BCUT2D eigenvalue weighted by molar-refractivity contribution is 0.200. The molecule has 1 atom stereocenters. The van der Waals surface area contributed by atoms with Gasteiger partial charge < -0.3 is 15.1 Å². The van der Waals surface area contributed by atoms with Crippen LogP contribution in [0.4, 0.5) is 4.79 Å². The predicted octanol–water partition coefficient (Wildman–Crippen LogP) is 3.05. The van der Waals surface area contributed by atoms with E-state index in [9.17, 15) is 4.79 Å². The Morgan fingerprint density at radius 2 is 2.00 bits per heavy atom. The summed E-state index contributed by atoms with van der Waals surface area (Å²) in [6.45, 7) is 2.76. The lowest BCUT2D eigenvalue weighted by atomic mass is 9.96. The normalized spacial score (nSPS) is 21.6. The Morgan fingerprint density at radius 3 is 2.68 bits per heavy atom. The van der Waals surface area contributed by atoms with Crippen molar-refractivity contribution in [3.8, 4) is 0 Å². The van der Waals surface area contributed by atoms with Gasteiger partial charge in [-0.15, -0.1) is 0 Å². The van der Waals surface area contributed by atoms with Crippen LogP contribution in [0.25, 0.3) is 0 Å². The molecule has 1 saturated carbocycles. The number of nitrogens with zero attached hydrogens (tertiary/aromatic N) is 1. The first-order valence-corrected chi connectivity index (χ1v) is 8.65. The Labute approximate surface area is 132 Å². The van der Waals surface area contributed by atoms with E-state index in [1.165, 1.54) is 32.1 Å². The first-order chi connectivity index (χ1) is 10.8. The number of furan rings is 1. The van der Waals surface area contributed by atoms with Gasteiger partial charge in [0.15, 0.2) is 0 Å². The standard InChI is InChI=1S/C17H27N3O2/c21-17(19-14-7-2-1-3-8-14)18-13-15(16-9-6-12-22-16)20-10-4-5-11-20/h6,9,12,14-15H,1-5,7-8,10-11,13H2,(H2,18,19,21)/t15-/m1/s1. The first-order valence-electron chi connectivity index (χ1n) is 8.65. The molecule has 0 spiro atoms. The van der Waals surface area contributed by atoms with E-state index in [2.05, 4.69) is 15.5 Å². The summed E-state index contributed by atoms with van der Waals surface area (Å²) in [5, 5.41) is 6.15. The van der Waals surface area contributed by atoms with Crippen LogP contribution in [0.2, 0.25) is 0 Å². The van der Waals surface area contributed by atoms with Gasteiger partial charge >= 0.3 is 6.03 Å². The average molecular weight is 305 g/mol. The molecule has 22 heavy (non-hydrogen) atoms. The second-order valence-electron chi connectivity index (χ2n) is 6.46. The van der Waals surface area contributed by atoms with Gasteiger partial charge in [-0.1, -0.05) is 19.3 Å². The maximum Gasteiger partial charge on any atom is 0.315 e. The van der Waals surface area contributed by atoms with E-state index < -0.39 is 0 Å². The molecule has 2 aliphatic rings. The van der Waals surface area contributed by atoms with Crippen LogP contribution in [0.5, 0.6) is 0 Å². The number of nitrogens with one attached hydrogen (secondary N) is 2. The van der Waals surface area contributed by atoms with E-state index in [0.717, 1.165) is 31.7 Å². The summed E-state index contributed by atoms with van der Waals surface area (Å²) in [5.74, 6) is 0.944. The third kappa shape index (κ3) is 4.03. The minimum Gasteiger partial charge on any atom is -0.468 e. The minimum absolute atomic E-state index is 0.0392. The topological polar surface area (TPSA) is 57.5 Å². The fraction of sp³-hybridized carbons (Fsp3) is 0.706. The van der Waals surface area contributed by atoms with Gasteiger partial charge in [-0.25, -0.2) is 4.79 Å². The van der Waals surface area contributed by atoms with Crippen molar-refractivity contribution in [3.05, 3.63) is 24.2 Å². The summed E-state index contributed by atoms with van der Waals surface area (Å²) in [6, 6.07) is 4.38. The molecule has 2 N–H and O–H groups in total. The van der Waals surface area contributed by atoms with Crippen molar-refractivity contribution in [1.29, 1.82) is 0 Å². The smallest absolute Gasteiger partial charge is 0.315 e. The number of hydrogen-bond donors (Lipinski definition) is 2. The Morgan fingerprint density at radius 1 is 1.23 bits per heavy atom. The van der Waals surface area contributed by atoms with Crippen molar-refractivity contribution in [2.75, 3.05) is 19.6 Å². The number of rotatable bonds is 5. The van der Waals surface area contributed by atoms with E-state index in [4.69, 9.17) is 4.42 Å². The van der Waals surface area contributed by atoms with E-state index in [-0.39, 0.29) is 12.1 Å². The SMILES string of the molecule is O=C(NC[C@H](c1ccco1)N1CCCC1)NC1CCCCC1. The Bertz CT molecular complexity index is 448. The van der Waals surface area contributed by atoms with Crippen LogP contribution in [0.1, 0.15) is 56.7 Å². The molecule has 0 aromatic carbocycles. The number of amides is 2. The van der Waals surface area contributed by atoms with Gasteiger partial charge in [-0.2, -0.15) is 0 Å². The number of hydrogen-bond acceptors (Lipinski definition) is 3. The molecule has 0 unspecified atom stereocenters. The van der Waals surface area contributed by atoms with Crippen molar-refractivity contribution in [2.24, 2.45) is 0 Å². The Hall–Kier alpha value is -1.49. The highest BCUT2D eigenvalue weighted by atomic mass is 16.3. The van der Waals surface area contributed by atoms with Gasteiger partial charge in [-0.05, 0) is 50.9 Å². The zero-order chi connectivity index (χ0) is 15.2. The molecule has 5 heteroatoms. The van der Waals surface area contributed by atoms with Crippen LogP contribution < -0.4 is 10.6 Å². The molecule has 0 radical (unpaired) electrons. The molecule has 0 bridgehead atoms. The average Bonchev–Trinajstić information content (AvgIpc) is 3.22. The molecular weight excluding hydrogens is 278 g/mol. The maximum atomic E-state index is 12.1. The van der Waals surface area contributed by atoms with Gasteiger partial charge in [0.1, 0.15) is 5.76 Å². The van der Waals surface area contributed by atoms with Gasteiger partial charge in [0.25, 0.3) is 0 Å². The number of carbonyl (C=O) groups is 1. The van der Waals surface area contributed by atoms with Crippen LogP contribution in [-0.2, 0) is 0 Å². The van der Waals surface area contributed by atoms with E-state index in [0.29, 0.717) is 12.6 Å². The third-order valence-corrected chi connectivity index (χ3v) is 4.85. The van der Waals surface area contributed by atoms with Gasteiger partial charge in [0.05, 0.1) is 12.3 Å². The molecule has 2 heterocycles. The van der Waals surface area contributed by atoms with E-state index in [1.807, 2.05) is 12.1 Å².